The van der Waals surface area contributed by atoms with E-state index in [-0.39, 0.29) is 83.0 Å². The maximum absolute atomic E-state index is 14.7. The Kier molecular flexibility index (Phi) is 33.9. The lowest BCUT2D eigenvalue weighted by Crippen LogP contribution is -2.60. The van der Waals surface area contributed by atoms with Gasteiger partial charge in [0.05, 0.1) is 12.6 Å². The molecule has 0 saturated carbocycles. The highest BCUT2D eigenvalue weighted by molar-refractivity contribution is 7.98. The second-order valence-electron chi connectivity index (χ2n) is 24.1. The lowest BCUT2D eigenvalue weighted by Gasteiger charge is -2.32. The Morgan fingerprint density at radius 2 is 1.01 bits per heavy atom. The van der Waals surface area contributed by atoms with Gasteiger partial charge in [-0.15, -0.1) is 0 Å². The van der Waals surface area contributed by atoms with Crippen LogP contribution in [0.15, 0.2) is 65.7 Å². The van der Waals surface area contributed by atoms with Gasteiger partial charge in [0.25, 0.3) is 0 Å². The first-order valence-electron chi connectivity index (χ1n) is 32.2. The van der Waals surface area contributed by atoms with E-state index in [1.165, 1.54) is 21.6 Å². The number of hydrogen-bond acceptors (Lipinski definition) is 17. The van der Waals surface area contributed by atoms with Gasteiger partial charge in [0.1, 0.15) is 54.4 Å². The summed E-state index contributed by atoms with van der Waals surface area (Å²) in [6.07, 6.45) is 3.12. The molecule has 13 amide bonds. The zero-order valence-electron chi connectivity index (χ0n) is 54.5. The summed E-state index contributed by atoms with van der Waals surface area (Å²) in [5.41, 5.74) is 40.6. The molecule has 2 fully saturated rings. The van der Waals surface area contributed by atoms with Gasteiger partial charge in [-0.25, -0.2) is 0 Å². The number of guanidine groups is 1. The number of carbonyl (C=O) groups is 13. The van der Waals surface area contributed by atoms with Crippen molar-refractivity contribution >= 4 is 94.5 Å². The molecule has 10 atom stereocenters. The minimum Gasteiger partial charge on any atom is -0.370 e. The molecule has 2 aromatic carbocycles. The number of nitrogens with two attached hydrogens (primary N) is 7. The van der Waals surface area contributed by atoms with Crippen LogP contribution in [0, 0.1) is 5.92 Å². The van der Waals surface area contributed by atoms with Crippen molar-refractivity contribution in [1.82, 2.24) is 52.3 Å². The fourth-order valence-corrected chi connectivity index (χ4v) is 11.5. The molecule has 0 spiro atoms. The molecule has 0 unspecified atom stereocenters. The average Bonchev–Trinajstić information content (AvgIpc) is 1.74. The van der Waals surface area contributed by atoms with Crippen LogP contribution in [0.3, 0.4) is 0 Å². The van der Waals surface area contributed by atoms with Crippen LogP contribution >= 0.6 is 11.8 Å². The minimum absolute atomic E-state index is 0.0736. The SMILES string of the molecule is CSCC[C@H](NC(=O)[C@H](CC(C)C)NC(=O)CNC(=O)[C@H](Cc1ccccc1)NC(=O)[C@H](Cc1ccccc1)NC(=O)[C@@H](CCC(N)=O)NC(=O)[C@@H](CCC(N)=O)NC(=O)[C@@H]1CCCN1C(=O)[C@H](CCCCN)NC(=O)[C@H]1CCCN1C(=O)[C@H](N)CCCN=C(N)N)C(N)=O. The number of unbranched alkanes of at least 4 members (excludes halogenated alkanes) is 1. The van der Waals surface area contributed by atoms with Gasteiger partial charge in [0.2, 0.25) is 76.8 Å². The van der Waals surface area contributed by atoms with Crippen molar-refractivity contribution in [1.29, 1.82) is 0 Å². The zero-order valence-corrected chi connectivity index (χ0v) is 55.3. The molecule has 0 bridgehead atoms. The molecule has 4 rings (SSSR count). The van der Waals surface area contributed by atoms with Gasteiger partial charge < -0.3 is 92.5 Å². The van der Waals surface area contributed by atoms with Gasteiger partial charge in [-0.05, 0) is 119 Å². The van der Waals surface area contributed by atoms with E-state index in [9.17, 15) is 62.3 Å². The smallest absolute Gasteiger partial charge is 0.245 e. The molecule has 0 aliphatic carbocycles. The van der Waals surface area contributed by atoms with Crippen LogP contribution in [0.2, 0.25) is 0 Å². The van der Waals surface area contributed by atoms with E-state index < -0.39 is 169 Å². The summed E-state index contributed by atoms with van der Waals surface area (Å²) in [5, 5.41) is 21.1. The number of likely N-dealkylation sites (tertiary alicyclic amines) is 2. The topological polar surface area (TPSA) is 519 Å². The summed E-state index contributed by atoms with van der Waals surface area (Å²) in [4.78, 5) is 185. The number of hydrogen-bond donors (Lipinski definition) is 15. The van der Waals surface area contributed by atoms with Crippen molar-refractivity contribution < 1.29 is 62.3 Å². The molecular weight excluding hydrogens is 1250 g/mol. The molecule has 2 heterocycles. The summed E-state index contributed by atoms with van der Waals surface area (Å²) in [7, 11) is 0. The van der Waals surface area contributed by atoms with E-state index in [1.54, 1.807) is 60.7 Å². The highest BCUT2D eigenvalue weighted by Crippen LogP contribution is 2.24. The van der Waals surface area contributed by atoms with Gasteiger partial charge in [0, 0.05) is 45.3 Å². The molecule has 22 N–H and O–H groups in total. The van der Waals surface area contributed by atoms with Crippen LogP contribution in [-0.4, -0.2) is 198 Å². The number of carbonyl (C=O) groups excluding carboxylic acids is 13. The Morgan fingerprint density at radius 3 is 1.51 bits per heavy atom. The number of aliphatic imine (C=N–C) groups is 1. The van der Waals surface area contributed by atoms with E-state index in [1.807, 2.05) is 20.1 Å². The van der Waals surface area contributed by atoms with Gasteiger partial charge in [-0.1, -0.05) is 74.5 Å². The van der Waals surface area contributed by atoms with Crippen LogP contribution in [0.4, 0.5) is 0 Å². The third-order valence-electron chi connectivity index (χ3n) is 16.0. The normalized spacial score (nSPS) is 16.8. The highest BCUT2D eigenvalue weighted by Gasteiger charge is 2.42. The van der Waals surface area contributed by atoms with Crippen LogP contribution < -0.4 is 82.7 Å². The van der Waals surface area contributed by atoms with E-state index in [0.29, 0.717) is 55.4 Å². The van der Waals surface area contributed by atoms with Crippen LogP contribution in [-0.2, 0) is 75.2 Å². The van der Waals surface area contributed by atoms with Crippen molar-refractivity contribution in [2.45, 2.75) is 183 Å². The van der Waals surface area contributed by atoms with Crippen LogP contribution in [0.25, 0.3) is 0 Å². The summed E-state index contributed by atoms with van der Waals surface area (Å²) in [5.74, 6) is -9.80. The fraction of sp³-hybridized carbons (Fsp3) is 0.587. The summed E-state index contributed by atoms with van der Waals surface area (Å²) in [6, 6.07) is 4.51. The van der Waals surface area contributed by atoms with E-state index in [2.05, 4.69) is 47.5 Å². The Balaban J connectivity index is 1.56. The summed E-state index contributed by atoms with van der Waals surface area (Å²) in [6.45, 7) is 3.86. The third kappa shape index (κ3) is 27.5. The average molecular weight is 1350 g/mol. The van der Waals surface area contributed by atoms with Crippen molar-refractivity contribution in [3.8, 4) is 0 Å². The molecule has 95 heavy (non-hydrogen) atoms. The van der Waals surface area contributed by atoms with Crippen molar-refractivity contribution in [3.05, 3.63) is 71.8 Å². The quantitative estimate of drug-likeness (QED) is 0.0173. The van der Waals surface area contributed by atoms with Crippen LogP contribution in [0.1, 0.15) is 121 Å². The molecule has 31 nitrogen and oxygen atoms in total. The largest absolute Gasteiger partial charge is 0.370 e. The molecule has 2 aliphatic rings. The molecular formula is C63H98N18O13S. The molecule has 0 aromatic heterocycles. The molecule has 2 saturated heterocycles. The molecule has 524 valence electrons. The van der Waals surface area contributed by atoms with Crippen LogP contribution in [0.5, 0.6) is 0 Å². The summed E-state index contributed by atoms with van der Waals surface area (Å²) >= 11 is 1.45. The van der Waals surface area contributed by atoms with Gasteiger partial charge >= 0.3 is 0 Å². The lowest BCUT2D eigenvalue weighted by atomic mass is 10.0. The van der Waals surface area contributed by atoms with E-state index in [0.717, 1.165) is 0 Å². The predicted octanol–water partition coefficient (Wildman–Crippen LogP) is -3.71. The molecule has 0 radical (unpaired) electrons. The molecule has 2 aromatic rings. The summed E-state index contributed by atoms with van der Waals surface area (Å²) < 4.78 is 0. The monoisotopic (exact) mass is 1350 g/mol. The predicted molar refractivity (Wildman–Crippen MR) is 356 cm³/mol. The Labute approximate surface area is 558 Å². The first kappa shape index (κ1) is 78.5. The Hall–Kier alpha value is -8.91. The maximum Gasteiger partial charge on any atom is 0.245 e. The lowest BCUT2D eigenvalue weighted by molar-refractivity contribution is -0.144. The number of nitrogens with zero attached hydrogens (tertiary/aromatic N) is 3. The Morgan fingerprint density at radius 1 is 0.537 bits per heavy atom. The second kappa shape index (κ2) is 41.0. The van der Waals surface area contributed by atoms with Crippen molar-refractivity contribution in [3.63, 3.8) is 0 Å². The molecule has 2 aliphatic heterocycles. The highest BCUT2D eigenvalue weighted by atomic mass is 32.2. The number of rotatable bonds is 42. The second-order valence-corrected chi connectivity index (χ2v) is 25.1. The zero-order chi connectivity index (χ0) is 70.1. The standard InChI is InChI=1S/C63H98N18O13S/c1-37(2)33-45(57(89)74-41(53(68)85)27-32-95-3)73-52(84)36-72-54(86)46(34-38-15-6-4-7-16-38)78-58(90)47(35-39-17-8-5-9-18-39)79-56(88)42(23-25-50(66)82)75-55(87)43(24-26-51(67)83)76-59(91)49-22-14-31-81(49)62(94)44(20-10-11-28-64)77-60(92)48-21-13-30-80(48)61(93)40(65)19-12-29-71-63(69)70/h4-9,15-18,37,40-49H,10-14,19-36,64-65H2,1-3H3,(H2,66,82)(H2,67,83)(H2,68,85)(H,72,86)(H,73,84)(H,74,89)(H,75,87)(H,76,91)(H,77,92)(H,78,90)(H,79,88)(H4,69,70,71)/t40-,41+,42-,43-,44+,45+,46+,47+,48-,49+/m1/s1. The number of benzene rings is 2. The number of amides is 13. The van der Waals surface area contributed by atoms with Crippen molar-refractivity contribution in [2.24, 2.45) is 51.0 Å². The number of thioether (sulfide) groups is 1. The number of nitrogens with one attached hydrogen (secondary N) is 8. The molecule has 32 heteroatoms. The maximum atomic E-state index is 14.7. The first-order chi connectivity index (χ1) is 45.2. The van der Waals surface area contributed by atoms with Gasteiger partial charge in [-0.3, -0.25) is 67.3 Å². The third-order valence-corrected chi connectivity index (χ3v) is 16.7. The van der Waals surface area contributed by atoms with Gasteiger partial charge in [-0.2, -0.15) is 11.8 Å². The number of primary amides is 3. The van der Waals surface area contributed by atoms with E-state index in [4.69, 9.17) is 40.1 Å². The first-order valence-corrected chi connectivity index (χ1v) is 33.6. The van der Waals surface area contributed by atoms with Gasteiger partial charge in [0.15, 0.2) is 5.96 Å². The Bertz CT molecular complexity index is 2960. The fourth-order valence-electron chi connectivity index (χ4n) is 11.0. The van der Waals surface area contributed by atoms with Crippen molar-refractivity contribution in [2.75, 3.05) is 44.7 Å². The van der Waals surface area contributed by atoms with E-state index >= 15 is 0 Å². The minimum atomic E-state index is -1.64.